The molecule has 3 rings (SSSR count). The predicted molar refractivity (Wildman–Crippen MR) is 141 cm³/mol. The molecule has 0 atom stereocenters. The molecule has 1 heterocycles. The van der Waals surface area contributed by atoms with E-state index in [1.165, 1.54) is 17.9 Å². The number of nitrogens with zero attached hydrogens (tertiary/aromatic N) is 3. The zero-order valence-electron chi connectivity index (χ0n) is 21.9. The molecule has 0 aliphatic rings. The van der Waals surface area contributed by atoms with Crippen molar-refractivity contribution >= 4 is 21.6 Å². The van der Waals surface area contributed by atoms with Crippen molar-refractivity contribution in [3.8, 4) is 17.3 Å². The Bertz CT molecular complexity index is 1450. The first kappa shape index (κ1) is 28.8. The van der Waals surface area contributed by atoms with Crippen LogP contribution in [0, 0.1) is 30.9 Å². The predicted octanol–water partition coefficient (Wildman–Crippen LogP) is 3.56. The first-order valence-corrected chi connectivity index (χ1v) is 13.4. The number of benzene rings is 2. The number of aryl methyl sites for hydroxylation is 1. The van der Waals surface area contributed by atoms with Gasteiger partial charge in [0.1, 0.15) is 10.6 Å². The lowest BCUT2D eigenvalue weighted by molar-refractivity contribution is -0.385. The standard InChI is InChI=1S/C25H31N5O7S/c1-6-12-27-38(34,35)22-15-19(30(32)33)10-11-21(22)37-25-18(4)23(24(31)26-13-14-36-5)28-29(25)20-9-7-8-16(2)17(20)3/h7-11,15,27H,6,12-14H2,1-5H3,(H,26,31). The molecule has 13 heteroatoms. The van der Waals surface area contributed by atoms with Crippen molar-refractivity contribution in [1.82, 2.24) is 19.8 Å². The maximum absolute atomic E-state index is 13.1. The normalized spacial score (nSPS) is 11.4. The molecule has 0 saturated carbocycles. The molecule has 0 aliphatic heterocycles. The Kier molecular flexibility index (Phi) is 9.20. The van der Waals surface area contributed by atoms with Crippen LogP contribution in [0.2, 0.25) is 0 Å². The minimum atomic E-state index is -4.16. The lowest BCUT2D eigenvalue weighted by Crippen LogP contribution is -2.28. The molecular weight excluding hydrogens is 514 g/mol. The molecule has 38 heavy (non-hydrogen) atoms. The number of ether oxygens (including phenoxy) is 2. The summed E-state index contributed by atoms with van der Waals surface area (Å²) in [6, 6.07) is 8.86. The van der Waals surface area contributed by atoms with E-state index >= 15 is 0 Å². The maximum atomic E-state index is 13.1. The van der Waals surface area contributed by atoms with E-state index in [1.807, 2.05) is 26.0 Å². The van der Waals surface area contributed by atoms with Gasteiger partial charge in [-0.05, 0) is 50.5 Å². The summed E-state index contributed by atoms with van der Waals surface area (Å²) in [6.45, 7) is 7.93. The van der Waals surface area contributed by atoms with Gasteiger partial charge in [0.2, 0.25) is 15.9 Å². The smallest absolute Gasteiger partial charge is 0.272 e. The number of hydrogen-bond donors (Lipinski definition) is 2. The van der Waals surface area contributed by atoms with Crippen molar-refractivity contribution < 1.29 is 27.6 Å². The van der Waals surface area contributed by atoms with Gasteiger partial charge in [-0.2, -0.15) is 9.78 Å². The van der Waals surface area contributed by atoms with Crippen LogP contribution >= 0.6 is 0 Å². The Hall–Kier alpha value is -3.81. The number of carbonyl (C=O) groups excluding carboxylic acids is 1. The second-order valence-electron chi connectivity index (χ2n) is 8.55. The number of amides is 1. The fourth-order valence-corrected chi connectivity index (χ4v) is 4.90. The number of nitro groups is 1. The van der Waals surface area contributed by atoms with E-state index in [9.17, 15) is 23.3 Å². The summed E-state index contributed by atoms with van der Waals surface area (Å²) < 4.78 is 41.1. The third-order valence-corrected chi connectivity index (χ3v) is 7.34. The number of non-ortho nitro benzene ring substituents is 1. The fraction of sp³-hybridized carbons (Fsp3) is 0.360. The van der Waals surface area contributed by atoms with Crippen LogP contribution in [0.4, 0.5) is 5.69 Å². The molecule has 0 spiro atoms. The van der Waals surface area contributed by atoms with Crippen molar-refractivity contribution in [1.29, 1.82) is 0 Å². The number of carbonyl (C=O) groups is 1. The van der Waals surface area contributed by atoms with Gasteiger partial charge in [0.25, 0.3) is 11.6 Å². The van der Waals surface area contributed by atoms with Gasteiger partial charge in [0.15, 0.2) is 5.69 Å². The largest absolute Gasteiger partial charge is 0.437 e. The molecule has 1 amide bonds. The van der Waals surface area contributed by atoms with Crippen LogP contribution in [0.15, 0.2) is 41.3 Å². The minimum absolute atomic E-state index is 0.0763. The molecule has 3 aromatic rings. The molecule has 0 aliphatic carbocycles. The maximum Gasteiger partial charge on any atom is 0.272 e. The summed E-state index contributed by atoms with van der Waals surface area (Å²) in [5.74, 6) is -0.522. The quantitative estimate of drug-likeness (QED) is 0.199. The SMILES string of the molecule is CCCNS(=O)(=O)c1cc([N+](=O)[O-])ccc1Oc1c(C)c(C(=O)NCCOC)nn1-c1cccc(C)c1C. The number of sulfonamides is 1. The summed E-state index contributed by atoms with van der Waals surface area (Å²) in [7, 11) is -2.64. The van der Waals surface area contributed by atoms with E-state index < -0.39 is 31.4 Å². The van der Waals surface area contributed by atoms with Crippen LogP contribution in [0.5, 0.6) is 11.6 Å². The van der Waals surface area contributed by atoms with Gasteiger partial charge in [0, 0.05) is 37.9 Å². The lowest BCUT2D eigenvalue weighted by Gasteiger charge is -2.15. The molecular formula is C25H31N5O7S. The van der Waals surface area contributed by atoms with Crippen LogP contribution in [0.1, 0.15) is 40.5 Å². The van der Waals surface area contributed by atoms with Crippen LogP contribution in [-0.2, 0) is 14.8 Å². The molecule has 0 bridgehead atoms. The highest BCUT2D eigenvalue weighted by molar-refractivity contribution is 7.89. The average Bonchev–Trinajstić information content (AvgIpc) is 3.20. The Morgan fingerprint density at radius 1 is 1.13 bits per heavy atom. The molecule has 0 unspecified atom stereocenters. The first-order chi connectivity index (χ1) is 18.0. The molecule has 2 N–H and O–H groups in total. The van der Waals surface area contributed by atoms with E-state index in [0.717, 1.165) is 23.3 Å². The third kappa shape index (κ3) is 6.18. The van der Waals surface area contributed by atoms with Crippen molar-refractivity contribution in [2.75, 3.05) is 26.8 Å². The van der Waals surface area contributed by atoms with Gasteiger partial charge in [0.05, 0.1) is 17.2 Å². The second-order valence-corrected chi connectivity index (χ2v) is 10.3. The molecule has 1 aromatic heterocycles. The number of aromatic nitrogens is 2. The van der Waals surface area contributed by atoms with Gasteiger partial charge in [-0.15, -0.1) is 0 Å². The molecule has 204 valence electrons. The summed E-state index contributed by atoms with van der Waals surface area (Å²) in [4.78, 5) is 23.2. The molecule has 0 fully saturated rings. The van der Waals surface area contributed by atoms with Crippen LogP contribution in [-0.4, -0.2) is 55.8 Å². The van der Waals surface area contributed by atoms with E-state index in [1.54, 1.807) is 19.9 Å². The molecule has 0 saturated heterocycles. The number of nitrogens with one attached hydrogen (secondary N) is 2. The Labute approximate surface area is 221 Å². The molecule has 2 aromatic carbocycles. The molecule has 12 nitrogen and oxygen atoms in total. The number of hydrogen-bond acceptors (Lipinski definition) is 8. The average molecular weight is 546 g/mol. The Morgan fingerprint density at radius 2 is 1.87 bits per heavy atom. The van der Waals surface area contributed by atoms with E-state index in [4.69, 9.17) is 9.47 Å². The van der Waals surface area contributed by atoms with E-state index in [2.05, 4.69) is 15.1 Å². The highest BCUT2D eigenvalue weighted by atomic mass is 32.2. The molecule has 0 radical (unpaired) electrons. The van der Waals surface area contributed by atoms with Crippen LogP contribution in [0.3, 0.4) is 0 Å². The van der Waals surface area contributed by atoms with E-state index in [0.29, 0.717) is 24.3 Å². The number of rotatable bonds is 12. The van der Waals surface area contributed by atoms with Crippen molar-refractivity contribution in [3.05, 3.63) is 68.9 Å². The Balaban J connectivity index is 2.20. The lowest BCUT2D eigenvalue weighted by atomic mass is 10.1. The van der Waals surface area contributed by atoms with E-state index in [-0.39, 0.29) is 30.4 Å². The zero-order chi connectivity index (χ0) is 28.0. The highest BCUT2D eigenvalue weighted by Crippen LogP contribution is 2.36. The topological polar surface area (TPSA) is 155 Å². The Morgan fingerprint density at radius 3 is 2.53 bits per heavy atom. The van der Waals surface area contributed by atoms with Crippen molar-refractivity contribution in [3.63, 3.8) is 0 Å². The van der Waals surface area contributed by atoms with Crippen LogP contribution < -0.4 is 14.8 Å². The van der Waals surface area contributed by atoms with Crippen molar-refractivity contribution in [2.24, 2.45) is 0 Å². The fourth-order valence-electron chi connectivity index (χ4n) is 3.62. The summed E-state index contributed by atoms with van der Waals surface area (Å²) in [6.07, 6.45) is 0.518. The third-order valence-electron chi connectivity index (χ3n) is 5.86. The number of methoxy groups -OCH3 is 1. The monoisotopic (exact) mass is 545 g/mol. The van der Waals surface area contributed by atoms with Gasteiger partial charge < -0.3 is 14.8 Å². The van der Waals surface area contributed by atoms with Gasteiger partial charge >= 0.3 is 0 Å². The summed E-state index contributed by atoms with van der Waals surface area (Å²) >= 11 is 0. The van der Waals surface area contributed by atoms with Crippen molar-refractivity contribution in [2.45, 2.75) is 39.0 Å². The summed E-state index contributed by atoms with van der Waals surface area (Å²) in [5.41, 5.74) is 2.47. The van der Waals surface area contributed by atoms with Gasteiger partial charge in [-0.3, -0.25) is 14.9 Å². The van der Waals surface area contributed by atoms with Gasteiger partial charge in [-0.1, -0.05) is 19.1 Å². The van der Waals surface area contributed by atoms with Gasteiger partial charge in [-0.25, -0.2) is 13.1 Å². The second kappa shape index (κ2) is 12.2. The summed E-state index contributed by atoms with van der Waals surface area (Å²) in [5, 5.41) is 18.6. The highest BCUT2D eigenvalue weighted by Gasteiger charge is 2.28. The first-order valence-electron chi connectivity index (χ1n) is 11.9. The number of nitro benzene ring substituents is 1. The zero-order valence-corrected chi connectivity index (χ0v) is 22.7. The minimum Gasteiger partial charge on any atom is -0.437 e. The van der Waals surface area contributed by atoms with Crippen LogP contribution in [0.25, 0.3) is 5.69 Å².